The summed E-state index contributed by atoms with van der Waals surface area (Å²) in [4.78, 5) is 23.5. The number of hydrogen-bond acceptors (Lipinski definition) is 3. The van der Waals surface area contributed by atoms with Gasteiger partial charge in [0.2, 0.25) is 0 Å². The van der Waals surface area contributed by atoms with Crippen molar-refractivity contribution in [3.8, 4) is 0 Å². The highest BCUT2D eigenvalue weighted by atomic mass is 19.1. The van der Waals surface area contributed by atoms with E-state index in [4.69, 9.17) is 9.84 Å². The molecule has 0 radical (unpaired) electrons. The molecule has 0 aromatic heterocycles. The number of ether oxygens (including phenoxy) is 1. The molecule has 2 atom stereocenters. The van der Waals surface area contributed by atoms with Gasteiger partial charge in [0.1, 0.15) is 11.8 Å². The van der Waals surface area contributed by atoms with Crippen molar-refractivity contribution in [2.75, 3.05) is 13.1 Å². The van der Waals surface area contributed by atoms with Crippen LogP contribution >= 0.6 is 0 Å². The minimum atomic E-state index is -1.53. The molecular formula is C11H18FNO4. The molecule has 1 amide bonds. The Kier molecular flexibility index (Phi) is 3.95. The standard InChI is InChI=1S/C11H18FNO4/c1-11(2,3)17-10(16)13-5-4-7(9(14)15)8(12)6-13/h7-8H,4-6H2,1-3H3,(H,14,15)/t7?,8-/m0/s1. The van der Waals surface area contributed by atoms with Gasteiger partial charge in [0.25, 0.3) is 0 Å². The Morgan fingerprint density at radius 1 is 1.41 bits per heavy atom. The van der Waals surface area contributed by atoms with Crippen LogP contribution in [-0.2, 0) is 9.53 Å². The Morgan fingerprint density at radius 2 is 2.00 bits per heavy atom. The third-order valence-electron chi connectivity index (χ3n) is 2.51. The summed E-state index contributed by atoms with van der Waals surface area (Å²) in [5.41, 5.74) is -0.632. The number of piperidine rings is 1. The van der Waals surface area contributed by atoms with Gasteiger partial charge >= 0.3 is 12.1 Å². The van der Waals surface area contributed by atoms with Crippen LogP contribution in [0.5, 0.6) is 0 Å². The van der Waals surface area contributed by atoms with Crippen LogP contribution in [0, 0.1) is 5.92 Å². The predicted molar refractivity (Wildman–Crippen MR) is 58.4 cm³/mol. The summed E-state index contributed by atoms with van der Waals surface area (Å²) in [5, 5.41) is 8.75. The van der Waals surface area contributed by atoms with Crippen molar-refractivity contribution in [3.63, 3.8) is 0 Å². The maximum Gasteiger partial charge on any atom is 0.410 e. The van der Waals surface area contributed by atoms with Gasteiger partial charge in [-0.2, -0.15) is 0 Å². The van der Waals surface area contributed by atoms with Gasteiger partial charge < -0.3 is 14.7 Å². The molecule has 5 nitrogen and oxygen atoms in total. The van der Waals surface area contributed by atoms with Crippen molar-refractivity contribution in [2.24, 2.45) is 5.92 Å². The van der Waals surface area contributed by atoms with E-state index in [-0.39, 0.29) is 19.5 Å². The molecule has 98 valence electrons. The minimum Gasteiger partial charge on any atom is -0.481 e. The van der Waals surface area contributed by atoms with E-state index in [1.54, 1.807) is 20.8 Å². The van der Waals surface area contributed by atoms with Gasteiger partial charge in [0.05, 0.1) is 12.5 Å². The third kappa shape index (κ3) is 3.87. The summed E-state index contributed by atoms with van der Waals surface area (Å²) >= 11 is 0. The molecule has 0 aliphatic carbocycles. The second-order valence-corrected chi connectivity index (χ2v) is 5.18. The number of hydrogen-bond donors (Lipinski definition) is 1. The topological polar surface area (TPSA) is 66.8 Å². The summed E-state index contributed by atoms with van der Waals surface area (Å²) in [6, 6.07) is 0. The molecule has 1 heterocycles. The number of halogens is 1. The van der Waals surface area contributed by atoms with Crippen LogP contribution in [0.2, 0.25) is 0 Å². The quantitative estimate of drug-likeness (QED) is 0.765. The number of likely N-dealkylation sites (tertiary alicyclic amines) is 1. The molecule has 0 aromatic rings. The molecule has 0 spiro atoms. The third-order valence-corrected chi connectivity index (χ3v) is 2.51. The molecule has 1 saturated heterocycles. The van der Waals surface area contributed by atoms with Crippen molar-refractivity contribution in [3.05, 3.63) is 0 Å². The summed E-state index contributed by atoms with van der Waals surface area (Å²) < 4.78 is 18.6. The van der Waals surface area contributed by atoms with E-state index in [0.29, 0.717) is 0 Å². The summed E-state index contributed by atoms with van der Waals surface area (Å²) in [7, 11) is 0. The van der Waals surface area contributed by atoms with Crippen molar-refractivity contribution >= 4 is 12.1 Å². The van der Waals surface area contributed by atoms with Crippen LogP contribution in [0.25, 0.3) is 0 Å². The summed E-state index contributed by atoms with van der Waals surface area (Å²) in [6.45, 7) is 5.17. The summed E-state index contributed by atoms with van der Waals surface area (Å²) in [6.07, 6.45) is -2.01. The van der Waals surface area contributed by atoms with E-state index in [1.807, 2.05) is 0 Å². The normalized spacial score (nSPS) is 25.5. The molecule has 0 saturated carbocycles. The summed E-state index contributed by atoms with van der Waals surface area (Å²) in [5.74, 6) is -2.17. The smallest absolute Gasteiger partial charge is 0.410 e. The van der Waals surface area contributed by atoms with E-state index < -0.39 is 29.8 Å². The SMILES string of the molecule is CC(C)(C)OC(=O)N1CCC(C(=O)O)[C@@H](F)C1. The van der Waals surface area contributed by atoms with E-state index in [0.717, 1.165) is 0 Å². The fourth-order valence-electron chi connectivity index (χ4n) is 1.68. The van der Waals surface area contributed by atoms with Gasteiger partial charge in [-0.05, 0) is 27.2 Å². The number of nitrogens with zero attached hydrogens (tertiary/aromatic N) is 1. The lowest BCUT2D eigenvalue weighted by Crippen LogP contribution is -2.48. The Labute approximate surface area is 99.5 Å². The number of aliphatic carboxylic acids is 1. The van der Waals surface area contributed by atoms with Gasteiger partial charge in [0.15, 0.2) is 0 Å². The Balaban J connectivity index is 2.55. The van der Waals surface area contributed by atoms with Crippen LogP contribution in [0.4, 0.5) is 9.18 Å². The first-order valence-electron chi connectivity index (χ1n) is 5.55. The van der Waals surface area contributed by atoms with Crippen molar-refractivity contribution in [2.45, 2.75) is 39.0 Å². The highest BCUT2D eigenvalue weighted by Gasteiger charge is 2.37. The van der Waals surface area contributed by atoms with Crippen molar-refractivity contribution in [1.29, 1.82) is 0 Å². The average molecular weight is 247 g/mol. The number of alkyl halides is 1. The van der Waals surface area contributed by atoms with Crippen LogP contribution in [0.1, 0.15) is 27.2 Å². The second-order valence-electron chi connectivity index (χ2n) is 5.18. The largest absolute Gasteiger partial charge is 0.481 e. The number of carbonyl (C=O) groups is 2. The highest BCUT2D eigenvalue weighted by molar-refractivity contribution is 5.72. The van der Waals surface area contributed by atoms with E-state index >= 15 is 0 Å². The molecule has 0 bridgehead atoms. The van der Waals surface area contributed by atoms with Crippen molar-refractivity contribution in [1.82, 2.24) is 4.90 Å². The Hall–Kier alpha value is -1.33. The molecule has 1 N–H and O–H groups in total. The van der Waals surface area contributed by atoms with E-state index in [9.17, 15) is 14.0 Å². The molecule has 0 aromatic carbocycles. The van der Waals surface area contributed by atoms with Gasteiger partial charge in [-0.3, -0.25) is 4.79 Å². The van der Waals surface area contributed by atoms with Gasteiger partial charge in [-0.1, -0.05) is 0 Å². The fourth-order valence-corrected chi connectivity index (χ4v) is 1.68. The number of carboxylic acids is 1. The van der Waals surface area contributed by atoms with Gasteiger partial charge in [0, 0.05) is 6.54 Å². The molecule has 17 heavy (non-hydrogen) atoms. The van der Waals surface area contributed by atoms with Gasteiger partial charge in [-0.15, -0.1) is 0 Å². The van der Waals surface area contributed by atoms with Crippen LogP contribution < -0.4 is 0 Å². The van der Waals surface area contributed by atoms with Gasteiger partial charge in [-0.25, -0.2) is 9.18 Å². The maximum atomic E-state index is 13.5. The number of amides is 1. The molecule has 1 aliphatic heterocycles. The first-order valence-corrected chi connectivity index (χ1v) is 5.55. The lowest BCUT2D eigenvalue weighted by atomic mass is 9.95. The Morgan fingerprint density at radius 3 is 2.41 bits per heavy atom. The Bertz CT molecular complexity index is 313. The van der Waals surface area contributed by atoms with Crippen LogP contribution in [0.15, 0.2) is 0 Å². The van der Waals surface area contributed by atoms with Crippen LogP contribution in [-0.4, -0.2) is 46.9 Å². The van der Waals surface area contributed by atoms with Crippen molar-refractivity contribution < 1.29 is 23.8 Å². The zero-order valence-corrected chi connectivity index (χ0v) is 10.3. The number of carboxylic acid groups (broad SMARTS) is 1. The number of rotatable bonds is 1. The lowest BCUT2D eigenvalue weighted by Gasteiger charge is -2.34. The fraction of sp³-hybridized carbons (Fsp3) is 0.818. The zero-order chi connectivity index (χ0) is 13.2. The molecular weight excluding hydrogens is 229 g/mol. The zero-order valence-electron chi connectivity index (χ0n) is 10.3. The van der Waals surface area contributed by atoms with E-state index in [1.165, 1.54) is 4.90 Å². The lowest BCUT2D eigenvalue weighted by molar-refractivity contribution is -0.146. The molecule has 1 unspecified atom stereocenters. The van der Waals surface area contributed by atoms with Crippen LogP contribution in [0.3, 0.4) is 0 Å². The monoisotopic (exact) mass is 247 g/mol. The average Bonchev–Trinajstić information content (AvgIpc) is 2.14. The van der Waals surface area contributed by atoms with E-state index in [2.05, 4.69) is 0 Å². The number of carbonyl (C=O) groups excluding carboxylic acids is 1. The second kappa shape index (κ2) is 4.89. The molecule has 1 rings (SSSR count). The highest BCUT2D eigenvalue weighted by Crippen LogP contribution is 2.22. The molecule has 1 fully saturated rings. The molecule has 1 aliphatic rings. The maximum absolute atomic E-state index is 13.5. The molecule has 6 heteroatoms. The first-order chi connectivity index (χ1) is 7.70. The minimum absolute atomic E-state index is 0.121. The predicted octanol–water partition coefficient (Wildman–Crippen LogP) is 1.67. The first kappa shape index (κ1) is 13.7.